The van der Waals surface area contributed by atoms with Gasteiger partial charge in [0.15, 0.2) is 0 Å². The second kappa shape index (κ2) is 13.8. The number of aromatic nitrogens is 2. The maximum atomic E-state index is 5.99. The third-order valence-corrected chi connectivity index (χ3v) is 7.78. The summed E-state index contributed by atoms with van der Waals surface area (Å²) in [5, 5.41) is 6.57. The number of nitrogen functional groups attached to an aromatic ring is 4. The summed E-state index contributed by atoms with van der Waals surface area (Å²) >= 11 is 0. The van der Waals surface area contributed by atoms with E-state index in [1.807, 2.05) is 97.1 Å². The molecule has 2 aromatic heterocycles. The second-order valence-corrected chi connectivity index (χ2v) is 10.8. The second-order valence-electron chi connectivity index (χ2n) is 10.8. The molecule has 8 N–H and O–H groups in total. The van der Waals surface area contributed by atoms with Gasteiger partial charge >= 0.3 is 0 Å². The number of anilines is 4. The fraction of sp³-hybridized carbons (Fsp3) is 0. The minimum absolute atomic E-state index is 0. The number of hydrogen-bond acceptors (Lipinski definition) is 6. The van der Waals surface area contributed by atoms with Crippen LogP contribution in [0.15, 0.2) is 133 Å². The van der Waals surface area contributed by atoms with Crippen LogP contribution in [-0.4, -0.2) is 9.97 Å². The third kappa shape index (κ3) is 6.35. The predicted octanol–water partition coefficient (Wildman–Crippen LogP) is 9.67. The van der Waals surface area contributed by atoms with E-state index in [0.717, 1.165) is 77.2 Å². The maximum Gasteiger partial charge on any atom is 0.0788 e. The molecule has 0 spiro atoms. The SMILES string of the molecule is I.I.Nc1ccc2c(c1)nc(-c1ccccc1)c1cc(N)ccc12.Nc1ccc2c(c1)nc(-c1ccccc1)c1cc(N)ccc12. The lowest BCUT2D eigenvalue weighted by atomic mass is 9.99. The van der Waals surface area contributed by atoms with Crippen molar-refractivity contribution in [2.75, 3.05) is 22.9 Å². The fourth-order valence-corrected chi connectivity index (χ4v) is 5.72. The average molecular weight is 827 g/mol. The Balaban J connectivity index is 0.000000174. The molecule has 46 heavy (non-hydrogen) atoms. The van der Waals surface area contributed by atoms with Gasteiger partial charge in [-0.1, -0.05) is 84.9 Å². The van der Waals surface area contributed by atoms with Gasteiger partial charge < -0.3 is 22.9 Å². The Morgan fingerprint density at radius 3 is 1.02 bits per heavy atom. The van der Waals surface area contributed by atoms with Gasteiger partial charge in [-0.2, -0.15) is 0 Å². The molecule has 228 valence electrons. The van der Waals surface area contributed by atoms with Crippen LogP contribution in [-0.2, 0) is 0 Å². The van der Waals surface area contributed by atoms with E-state index in [4.69, 9.17) is 32.9 Å². The van der Waals surface area contributed by atoms with Crippen molar-refractivity contribution in [3.8, 4) is 22.5 Å². The van der Waals surface area contributed by atoms with Crippen LogP contribution in [0.25, 0.3) is 65.9 Å². The summed E-state index contributed by atoms with van der Waals surface area (Å²) in [5.41, 5.74) is 32.5. The summed E-state index contributed by atoms with van der Waals surface area (Å²) in [4.78, 5) is 9.68. The molecule has 0 atom stereocenters. The number of halogens is 2. The zero-order chi connectivity index (χ0) is 30.2. The van der Waals surface area contributed by atoms with E-state index in [1.165, 1.54) is 0 Å². The van der Waals surface area contributed by atoms with Crippen LogP contribution in [0.3, 0.4) is 0 Å². The maximum absolute atomic E-state index is 5.99. The molecule has 2 heterocycles. The number of nitrogens with zero attached hydrogens (tertiary/aromatic N) is 2. The Labute approximate surface area is 300 Å². The summed E-state index contributed by atoms with van der Waals surface area (Å²) in [6, 6.07) is 43.9. The van der Waals surface area contributed by atoms with Crippen molar-refractivity contribution >= 4 is 114 Å². The Morgan fingerprint density at radius 2 is 0.652 bits per heavy atom. The van der Waals surface area contributed by atoms with Crippen molar-refractivity contribution in [3.05, 3.63) is 133 Å². The zero-order valence-corrected chi connectivity index (χ0v) is 29.4. The van der Waals surface area contributed by atoms with E-state index in [1.54, 1.807) is 0 Å². The van der Waals surface area contributed by atoms with E-state index >= 15 is 0 Å². The number of fused-ring (bicyclic) bond motifs is 6. The molecule has 0 unspecified atom stereocenters. The number of hydrogen-bond donors (Lipinski definition) is 4. The molecule has 0 amide bonds. The third-order valence-electron chi connectivity index (χ3n) is 7.78. The van der Waals surface area contributed by atoms with E-state index in [2.05, 4.69) is 36.4 Å². The van der Waals surface area contributed by atoms with Crippen LogP contribution >= 0.6 is 48.0 Å². The molecule has 0 radical (unpaired) electrons. The Bertz CT molecular complexity index is 2160. The van der Waals surface area contributed by atoms with Gasteiger partial charge in [0.25, 0.3) is 0 Å². The monoisotopic (exact) mass is 826 g/mol. The minimum Gasteiger partial charge on any atom is -0.399 e. The Kier molecular flexibility index (Phi) is 9.78. The van der Waals surface area contributed by atoms with Crippen LogP contribution in [0.2, 0.25) is 0 Å². The number of rotatable bonds is 2. The normalized spacial score (nSPS) is 10.6. The van der Waals surface area contributed by atoms with Crippen molar-refractivity contribution < 1.29 is 0 Å². The highest BCUT2D eigenvalue weighted by molar-refractivity contribution is 14.0. The summed E-state index contributed by atoms with van der Waals surface area (Å²) in [6.07, 6.45) is 0. The van der Waals surface area contributed by atoms with Gasteiger partial charge in [0.05, 0.1) is 22.4 Å². The van der Waals surface area contributed by atoms with Gasteiger partial charge in [-0.3, -0.25) is 0 Å². The van der Waals surface area contributed by atoms with E-state index in [9.17, 15) is 0 Å². The van der Waals surface area contributed by atoms with Gasteiger partial charge in [0, 0.05) is 55.4 Å². The quantitative estimate of drug-likeness (QED) is 0.0781. The summed E-state index contributed by atoms with van der Waals surface area (Å²) in [7, 11) is 0. The summed E-state index contributed by atoms with van der Waals surface area (Å²) in [6.45, 7) is 0. The molecule has 0 aliphatic carbocycles. The molecule has 0 saturated heterocycles. The fourth-order valence-electron chi connectivity index (χ4n) is 5.72. The standard InChI is InChI=1S/2C19H15N3.2HI/c2*20-13-6-8-15-16-9-7-14(21)11-18(16)22-19(17(15)10-13)12-4-2-1-3-5-12;;/h2*1-11H,20-21H2;2*1H. The number of nitrogens with two attached hydrogens (primary N) is 4. The molecule has 0 fully saturated rings. The molecule has 6 aromatic carbocycles. The highest BCUT2D eigenvalue weighted by Crippen LogP contribution is 2.35. The lowest BCUT2D eigenvalue weighted by molar-refractivity contribution is 1.43. The van der Waals surface area contributed by atoms with Gasteiger partial charge in [0.1, 0.15) is 0 Å². The topological polar surface area (TPSA) is 130 Å². The van der Waals surface area contributed by atoms with E-state index in [0.29, 0.717) is 11.4 Å². The molecular formula is C38H32I2N6. The summed E-state index contributed by atoms with van der Waals surface area (Å²) in [5.74, 6) is 0. The minimum atomic E-state index is 0. The Hall–Kier alpha value is -4.68. The first-order valence-electron chi connectivity index (χ1n) is 14.3. The van der Waals surface area contributed by atoms with Crippen molar-refractivity contribution in [3.63, 3.8) is 0 Å². The molecule has 8 aromatic rings. The molecule has 0 saturated carbocycles. The van der Waals surface area contributed by atoms with Crippen molar-refractivity contribution in [1.82, 2.24) is 9.97 Å². The molecule has 8 heteroatoms. The molecule has 0 aliphatic heterocycles. The molecular weight excluding hydrogens is 794 g/mol. The van der Waals surface area contributed by atoms with Crippen molar-refractivity contribution in [2.45, 2.75) is 0 Å². The number of benzene rings is 6. The predicted molar refractivity (Wildman–Crippen MR) is 218 cm³/mol. The first-order chi connectivity index (χ1) is 21.4. The largest absolute Gasteiger partial charge is 0.399 e. The van der Waals surface area contributed by atoms with Crippen LogP contribution < -0.4 is 22.9 Å². The highest BCUT2D eigenvalue weighted by Gasteiger charge is 2.12. The van der Waals surface area contributed by atoms with Gasteiger partial charge in [-0.15, -0.1) is 48.0 Å². The van der Waals surface area contributed by atoms with Gasteiger partial charge in [0.2, 0.25) is 0 Å². The highest BCUT2D eigenvalue weighted by atomic mass is 127. The summed E-state index contributed by atoms with van der Waals surface area (Å²) < 4.78 is 0. The molecule has 8 rings (SSSR count). The van der Waals surface area contributed by atoms with Crippen LogP contribution in [0.1, 0.15) is 0 Å². The lowest BCUT2D eigenvalue weighted by Crippen LogP contribution is -1.93. The van der Waals surface area contributed by atoms with Crippen LogP contribution in [0.5, 0.6) is 0 Å². The van der Waals surface area contributed by atoms with Crippen molar-refractivity contribution in [2.24, 2.45) is 0 Å². The molecule has 6 nitrogen and oxygen atoms in total. The smallest absolute Gasteiger partial charge is 0.0788 e. The average Bonchev–Trinajstić information content (AvgIpc) is 3.04. The zero-order valence-electron chi connectivity index (χ0n) is 24.7. The van der Waals surface area contributed by atoms with E-state index in [-0.39, 0.29) is 48.0 Å². The first-order valence-corrected chi connectivity index (χ1v) is 14.3. The Morgan fingerprint density at radius 1 is 0.326 bits per heavy atom. The van der Waals surface area contributed by atoms with Gasteiger partial charge in [-0.25, -0.2) is 9.97 Å². The van der Waals surface area contributed by atoms with Crippen molar-refractivity contribution in [1.29, 1.82) is 0 Å². The van der Waals surface area contributed by atoms with E-state index < -0.39 is 0 Å². The molecule has 0 aliphatic rings. The van der Waals surface area contributed by atoms with Crippen LogP contribution in [0.4, 0.5) is 22.7 Å². The van der Waals surface area contributed by atoms with Gasteiger partial charge in [-0.05, 0) is 59.3 Å². The first kappa shape index (κ1) is 32.7. The molecule has 0 bridgehead atoms. The van der Waals surface area contributed by atoms with Crippen LogP contribution in [0, 0.1) is 0 Å². The lowest BCUT2D eigenvalue weighted by Gasteiger charge is -2.11. The number of pyridine rings is 2.